The van der Waals surface area contributed by atoms with Gasteiger partial charge >= 0.3 is 5.09 Å². The van der Waals surface area contributed by atoms with Gasteiger partial charge in [-0.3, -0.25) is 11.5 Å². The van der Waals surface area contributed by atoms with Crippen LogP contribution in [0.15, 0.2) is 0 Å². The molecular weight excluding hydrogens is 334 g/mol. The van der Waals surface area contributed by atoms with E-state index in [4.69, 9.17) is 32.6 Å². The molecule has 0 aromatic heterocycles. The number of rotatable bonds is 20. The maximum absolute atomic E-state index is 11.6. The van der Waals surface area contributed by atoms with Crippen LogP contribution in [0.4, 0.5) is 0 Å². The third-order valence-electron chi connectivity index (χ3n) is 4.33. The van der Waals surface area contributed by atoms with Crippen molar-refractivity contribution in [3.05, 3.63) is 4.91 Å². The normalized spacial score (nSPS) is 13.4. The molecule has 0 aliphatic rings. The first-order chi connectivity index (χ1) is 12.6. The van der Waals surface area contributed by atoms with Crippen LogP contribution in [-0.4, -0.2) is 30.6 Å². The van der Waals surface area contributed by atoms with Crippen LogP contribution in [0, 0.1) is 4.91 Å². The SMILES string of the molecule is NCCCCCCCCC(N)O[N+](=O)OC(N)CCCCCCCCN. The quantitative estimate of drug-likeness (QED) is 0.145. The standard InChI is InChI=1S/C18H42N5O3/c19-15-11-7-3-1-5-9-13-17(21)25-23(24)26-18(22)14-10-6-2-4-8-12-16-20/h17-18H,1-16,19-22H2/q+1. The predicted molar refractivity (Wildman–Crippen MR) is 104 cm³/mol. The smallest absolute Gasteiger partial charge is 0.330 e. The van der Waals surface area contributed by atoms with E-state index < -0.39 is 12.5 Å². The molecule has 0 fully saturated rings. The zero-order valence-corrected chi connectivity index (χ0v) is 16.4. The number of hydrogen-bond acceptors (Lipinski definition) is 7. The topological polar surface area (TPSA) is 143 Å². The fourth-order valence-corrected chi connectivity index (χ4v) is 2.75. The Morgan fingerprint density at radius 3 is 1.23 bits per heavy atom. The van der Waals surface area contributed by atoms with Crippen LogP contribution in [0.25, 0.3) is 0 Å². The van der Waals surface area contributed by atoms with E-state index >= 15 is 0 Å². The fraction of sp³-hybridized carbons (Fsp3) is 1.00. The Bertz CT molecular complexity index is 293. The van der Waals surface area contributed by atoms with Gasteiger partial charge in [-0.25, -0.2) is 0 Å². The molecule has 8 heteroatoms. The van der Waals surface area contributed by atoms with Crippen LogP contribution in [0.2, 0.25) is 0 Å². The van der Waals surface area contributed by atoms with Gasteiger partial charge in [-0.2, -0.15) is 9.68 Å². The van der Waals surface area contributed by atoms with Crippen molar-refractivity contribution < 1.29 is 14.8 Å². The first kappa shape index (κ1) is 25.0. The molecule has 0 saturated carbocycles. The van der Waals surface area contributed by atoms with Crippen LogP contribution in [-0.2, 0) is 9.68 Å². The summed E-state index contributed by atoms with van der Waals surface area (Å²) in [7, 11) is 0. The summed E-state index contributed by atoms with van der Waals surface area (Å²) in [6.45, 7) is 1.52. The Hall–Kier alpha value is -0.960. The molecule has 8 nitrogen and oxygen atoms in total. The van der Waals surface area contributed by atoms with Crippen molar-refractivity contribution in [2.45, 2.75) is 102 Å². The molecule has 0 saturated heterocycles. The highest BCUT2D eigenvalue weighted by atomic mass is 17.0. The van der Waals surface area contributed by atoms with Crippen LogP contribution in [0.1, 0.15) is 89.9 Å². The van der Waals surface area contributed by atoms with E-state index in [9.17, 15) is 4.91 Å². The van der Waals surface area contributed by atoms with Gasteiger partial charge in [0.05, 0.1) is 0 Å². The lowest BCUT2D eigenvalue weighted by Gasteiger charge is -2.08. The van der Waals surface area contributed by atoms with Crippen molar-refractivity contribution >= 4 is 0 Å². The minimum absolute atomic E-state index is 0.0673. The van der Waals surface area contributed by atoms with Crippen molar-refractivity contribution in [3.8, 4) is 0 Å². The lowest BCUT2D eigenvalue weighted by atomic mass is 10.1. The largest absolute Gasteiger partial charge is 0.480 e. The Kier molecular flexibility index (Phi) is 18.1. The summed E-state index contributed by atoms with van der Waals surface area (Å²) in [5, 5.41) is 0.0673. The van der Waals surface area contributed by atoms with Crippen LogP contribution < -0.4 is 22.9 Å². The van der Waals surface area contributed by atoms with E-state index in [0.29, 0.717) is 12.8 Å². The molecule has 2 unspecified atom stereocenters. The third-order valence-corrected chi connectivity index (χ3v) is 4.33. The average Bonchev–Trinajstić information content (AvgIpc) is 2.60. The van der Waals surface area contributed by atoms with Crippen molar-refractivity contribution in [1.82, 2.24) is 0 Å². The lowest BCUT2D eigenvalue weighted by Crippen LogP contribution is -2.34. The Labute approximate surface area is 158 Å². The predicted octanol–water partition coefficient (Wildman–Crippen LogP) is 2.58. The third kappa shape index (κ3) is 17.8. The molecule has 0 amide bonds. The Morgan fingerprint density at radius 1 is 0.577 bits per heavy atom. The molecule has 0 aliphatic carbocycles. The van der Waals surface area contributed by atoms with Gasteiger partial charge in [-0.1, -0.05) is 51.4 Å². The molecule has 8 N–H and O–H groups in total. The lowest BCUT2D eigenvalue weighted by molar-refractivity contribution is -0.992. The van der Waals surface area contributed by atoms with Crippen molar-refractivity contribution in [2.75, 3.05) is 13.1 Å². The van der Waals surface area contributed by atoms with Gasteiger partial charge in [0.25, 0.3) is 0 Å². The molecule has 0 aliphatic heterocycles. The van der Waals surface area contributed by atoms with E-state index in [1.54, 1.807) is 0 Å². The monoisotopic (exact) mass is 376 g/mol. The molecule has 0 heterocycles. The number of hydrogen-bond donors (Lipinski definition) is 4. The van der Waals surface area contributed by atoms with Crippen molar-refractivity contribution in [2.24, 2.45) is 22.9 Å². The molecule has 0 bridgehead atoms. The summed E-state index contributed by atoms with van der Waals surface area (Å²) in [6, 6.07) is 0. The van der Waals surface area contributed by atoms with Crippen LogP contribution in [0.3, 0.4) is 0 Å². The van der Waals surface area contributed by atoms with E-state index in [1.807, 2.05) is 0 Å². The maximum Gasteiger partial charge on any atom is 0.480 e. The van der Waals surface area contributed by atoms with E-state index in [2.05, 4.69) is 0 Å². The van der Waals surface area contributed by atoms with E-state index in [0.717, 1.165) is 64.5 Å². The Morgan fingerprint density at radius 2 is 0.885 bits per heavy atom. The van der Waals surface area contributed by atoms with Crippen molar-refractivity contribution in [1.29, 1.82) is 0 Å². The van der Waals surface area contributed by atoms with E-state index in [1.165, 1.54) is 25.7 Å². The van der Waals surface area contributed by atoms with Gasteiger partial charge in [0.2, 0.25) is 12.5 Å². The summed E-state index contributed by atoms with van der Waals surface area (Å²) >= 11 is 0. The van der Waals surface area contributed by atoms with Gasteiger partial charge in [0.15, 0.2) is 0 Å². The molecule has 0 radical (unpaired) electrons. The van der Waals surface area contributed by atoms with E-state index in [-0.39, 0.29) is 5.09 Å². The summed E-state index contributed by atoms with van der Waals surface area (Å²) in [4.78, 5) is 21.5. The molecule has 26 heavy (non-hydrogen) atoms. The first-order valence-corrected chi connectivity index (χ1v) is 10.3. The summed E-state index contributed by atoms with van der Waals surface area (Å²) in [5.41, 5.74) is 22.5. The van der Waals surface area contributed by atoms with Crippen LogP contribution >= 0.6 is 0 Å². The van der Waals surface area contributed by atoms with Gasteiger partial charge in [-0.15, -0.1) is 0 Å². The molecule has 0 spiro atoms. The second kappa shape index (κ2) is 18.8. The minimum atomic E-state index is -0.661. The minimum Gasteiger partial charge on any atom is -0.330 e. The summed E-state index contributed by atoms with van der Waals surface area (Å²) < 4.78 is 0. The van der Waals surface area contributed by atoms with Crippen LogP contribution in [0.5, 0.6) is 0 Å². The Balaban J connectivity index is 3.51. The zero-order valence-electron chi connectivity index (χ0n) is 16.4. The van der Waals surface area contributed by atoms with Gasteiger partial charge in [-0.05, 0) is 38.8 Å². The summed E-state index contributed by atoms with van der Waals surface area (Å²) in [5.74, 6) is 0. The average molecular weight is 377 g/mol. The highest BCUT2D eigenvalue weighted by Gasteiger charge is 2.22. The molecule has 0 aromatic carbocycles. The molecular formula is C18H42N5O3+. The van der Waals surface area contributed by atoms with Crippen molar-refractivity contribution in [3.63, 3.8) is 0 Å². The van der Waals surface area contributed by atoms with Gasteiger partial charge in [0, 0.05) is 12.8 Å². The second-order valence-corrected chi connectivity index (χ2v) is 6.91. The maximum atomic E-state index is 11.6. The fourth-order valence-electron chi connectivity index (χ4n) is 2.75. The summed E-state index contributed by atoms with van der Waals surface area (Å²) in [6.07, 6.45) is 13.1. The highest BCUT2D eigenvalue weighted by Crippen LogP contribution is 2.10. The van der Waals surface area contributed by atoms with Gasteiger partial charge in [0.1, 0.15) is 4.91 Å². The van der Waals surface area contributed by atoms with Gasteiger partial charge < -0.3 is 11.5 Å². The highest BCUT2D eigenvalue weighted by molar-refractivity contribution is 4.51. The molecule has 2 atom stereocenters. The number of unbranched alkanes of at least 4 members (excludes halogenated alkanes) is 10. The number of nitrogens with two attached hydrogens (primary N) is 4. The molecule has 156 valence electrons. The zero-order chi connectivity index (χ0) is 19.5. The first-order valence-electron chi connectivity index (χ1n) is 10.3. The number of nitrogens with zero attached hydrogens (tertiary/aromatic N) is 1. The second-order valence-electron chi connectivity index (χ2n) is 6.91. The molecule has 0 rings (SSSR count). The molecule has 0 aromatic rings.